The molecule has 1 heterocycles. The van der Waals surface area contributed by atoms with Gasteiger partial charge in [-0.05, 0) is 30.5 Å². The van der Waals surface area contributed by atoms with E-state index in [1.165, 1.54) is 12.1 Å². The molecule has 0 fully saturated rings. The number of amides is 1. The molecule has 1 amide bonds. The van der Waals surface area contributed by atoms with Gasteiger partial charge >= 0.3 is 0 Å². The van der Waals surface area contributed by atoms with Gasteiger partial charge in [0.05, 0.1) is 11.6 Å². The molecule has 1 aliphatic heterocycles. The fourth-order valence-corrected chi connectivity index (χ4v) is 3.63. The van der Waals surface area contributed by atoms with Crippen molar-refractivity contribution in [2.45, 2.75) is 18.4 Å². The highest BCUT2D eigenvalue weighted by Crippen LogP contribution is 2.45. The topological polar surface area (TPSA) is 66.4 Å². The van der Waals surface area contributed by atoms with Gasteiger partial charge in [0.15, 0.2) is 11.4 Å². The van der Waals surface area contributed by atoms with Crippen LogP contribution < -0.4 is 5.32 Å². The van der Waals surface area contributed by atoms with Crippen LogP contribution in [0, 0.1) is 11.7 Å². The average molecular weight is 311 g/mol. The lowest BCUT2D eigenvalue weighted by Crippen LogP contribution is -2.47. The van der Waals surface area contributed by atoms with E-state index < -0.39 is 23.2 Å². The first-order valence-electron chi connectivity index (χ1n) is 7.48. The van der Waals surface area contributed by atoms with Crippen LogP contribution >= 0.6 is 0 Å². The molecule has 4 rings (SSSR count). The Bertz CT molecular complexity index is 848. The van der Waals surface area contributed by atoms with Crippen LogP contribution in [0.3, 0.4) is 0 Å². The number of aliphatic hydroxyl groups is 1. The number of hydrogen-bond donors (Lipinski definition) is 2. The molecular formula is C18H14FNO3. The van der Waals surface area contributed by atoms with Gasteiger partial charge in [0.1, 0.15) is 5.82 Å². The van der Waals surface area contributed by atoms with Crippen molar-refractivity contribution in [3.8, 4) is 0 Å². The van der Waals surface area contributed by atoms with Gasteiger partial charge in [0.25, 0.3) is 5.91 Å². The molecule has 2 aromatic carbocycles. The Morgan fingerprint density at radius 2 is 1.96 bits per heavy atom. The third kappa shape index (κ3) is 1.86. The maximum Gasteiger partial charge on any atom is 0.261 e. The van der Waals surface area contributed by atoms with Crippen LogP contribution in [-0.4, -0.2) is 16.8 Å². The molecule has 0 bridgehead atoms. The molecule has 0 spiro atoms. The van der Waals surface area contributed by atoms with E-state index in [1.54, 1.807) is 12.1 Å². The molecule has 0 aromatic heterocycles. The Hall–Kier alpha value is -2.53. The number of fused-ring (bicyclic) bond motifs is 2. The molecule has 0 radical (unpaired) electrons. The highest BCUT2D eigenvalue weighted by molar-refractivity contribution is 6.11. The van der Waals surface area contributed by atoms with Crippen molar-refractivity contribution in [3.05, 3.63) is 65.0 Å². The van der Waals surface area contributed by atoms with Gasteiger partial charge < -0.3 is 10.4 Å². The molecule has 2 aromatic rings. The summed E-state index contributed by atoms with van der Waals surface area (Å²) < 4.78 is 13.4. The molecule has 5 heteroatoms. The van der Waals surface area contributed by atoms with Gasteiger partial charge in [-0.25, -0.2) is 4.39 Å². The monoisotopic (exact) mass is 311 g/mol. The van der Waals surface area contributed by atoms with Crippen molar-refractivity contribution in [1.82, 2.24) is 0 Å². The minimum atomic E-state index is -1.95. The lowest BCUT2D eigenvalue weighted by molar-refractivity contribution is -0.138. The molecule has 23 heavy (non-hydrogen) atoms. The van der Waals surface area contributed by atoms with E-state index in [-0.39, 0.29) is 17.0 Å². The number of ketones is 1. The first-order valence-corrected chi connectivity index (χ1v) is 7.48. The normalized spacial score (nSPS) is 25.7. The molecular weight excluding hydrogens is 297 g/mol. The Morgan fingerprint density at radius 3 is 2.78 bits per heavy atom. The SMILES string of the molecule is O=C1c2ccccc2CCC1C1(O)C(=O)Nc2cc(F)ccc21. The van der Waals surface area contributed by atoms with E-state index >= 15 is 0 Å². The second-order valence-corrected chi connectivity index (χ2v) is 6.02. The predicted molar refractivity (Wildman–Crippen MR) is 81.5 cm³/mol. The van der Waals surface area contributed by atoms with Crippen molar-refractivity contribution in [1.29, 1.82) is 0 Å². The molecule has 2 atom stereocenters. The summed E-state index contributed by atoms with van der Waals surface area (Å²) in [4.78, 5) is 25.2. The summed E-state index contributed by atoms with van der Waals surface area (Å²) >= 11 is 0. The third-order valence-electron chi connectivity index (χ3n) is 4.79. The fraction of sp³-hybridized carbons (Fsp3) is 0.222. The summed E-state index contributed by atoms with van der Waals surface area (Å²) in [6.07, 6.45) is 0.981. The molecule has 2 unspecified atom stereocenters. The predicted octanol–water partition coefficient (Wildman–Crippen LogP) is 2.41. The van der Waals surface area contributed by atoms with Crippen LogP contribution in [-0.2, 0) is 16.8 Å². The molecule has 2 aliphatic rings. The second-order valence-electron chi connectivity index (χ2n) is 6.02. The number of carbonyl (C=O) groups is 2. The zero-order valence-electron chi connectivity index (χ0n) is 12.2. The minimum absolute atomic E-state index is 0.226. The number of Topliss-reactive ketones (excluding diaryl/α,β-unsaturated/α-hetero) is 1. The number of halogens is 1. The van der Waals surface area contributed by atoms with Gasteiger partial charge in [-0.3, -0.25) is 9.59 Å². The van der Waals surface area contributed by atoms with Crippen molar-refractivity contribution >= 4 is 17.4 Å². The highest BCUT2D eigenvalue weighted by atomic mass is 19.1. The largest absolute Gasteiger partial charge is 0.375 e. The number of aryl methyl sites for hydroxylation is 1. The summed E-state index contributed by atoms with van der Waals surface area (Å²) in [5.74, 6) is -2.30. The molecule has 116 valence electrons. The van der Waals surface area contributed by atoms with E-state index in [9.17, 15) is 19.1 Å². The van der Waals surface area contributed by atoms with Gasteiger partial charge in [0.2, 0.25) is 0 Å². The van der Waals surface area contributed by atoms with Gasteiger partial charge in [-0.2, -0.15) is 0 Å². The summed E-state index contributed by atoms with van der Waals surface area (Å²) in [5, 5.41) is 13.6. The van der Waals surface area contributed by atoms with Gasteiger partial charge in [-0.1, -0.05) is 30.3 Å². The van der Waals surface area contributed by atoms with Crippen LogP contribution in [0.25, 0.3) is 0 Å². The van der Waals surface area contributed by atoms with E-state index in [1.807, 2.05) is 12.1 Å². The van der Waals surface area contributed by atoms with Crippen molar-refractivity contribution < 1.29 is 19.1 Å². The van der Waals surface area contributed by atoms with E-state index in [0.29, 0.717) is 18.4 Å². The number of benzene rings is 2. The molecule has 4 nitrogen and oxygen atoms in total. The van der Waals surface area contributed by atoms with E-state index in [4.69, 9.17) is 0 Å². The fourth-order valence-electron chi connectivity index (χ4n) is 3.63. The van der Waals surface area contributed by atoms with Crippen molar-refractivity contribution in [2.24, 2.45) is 5.92 Å². The average Bonchev–Trinajstić information content (AvgIpc) is 2.79. The minimum Gasteiger partial charge on any atom is -0.375 e. The van der Waals surface area contributed by atoms with Crippen molar-refractivity contribution in [3.63, 3.8) is 0 Å². The van der Waals surface area contributed by atoms with Crippen LogP contribution in [0.15, 0.2) is 42.5 Å². The maximum absolute atomic E-state index is 13.4. The summed E-state index contributed by atoms with van der Waals surface area (Å²) in [7, 11) is 0. The number of nitrogens with one attached hydrogen (secondary N) is 1. The van der Waals surface area contributed by atoms with Crippen LogP contribution in [0.4, 0.5) is 10.1 Å². The summed E-state index contributed by atoms with van der Waals surface area (Å²) in [6, 6.07) is 10.9. The molecule has 1 aliphatic carbocycles. The smallest absolute Gasteiger partial charge is 0.261 e. The number of hydrogen-bond acceptors (Lipinski definition) is 3. The summed E-state index contributed by atoms with van der Waals surface area (Å²) in [5.41, 5.74) is 0.00889. The number of carbonyl (C=O) groups excluding carboxylic acids is 2. The van der Waals surface area contributed by atoms with E-state index in [2.05, 4.69) is 5.32 Å². The Balaban J connectivity index is 1.82. The summed E-state index contributed by atoms with van der Waals surface area (Å²) in [6.45, 7) is 0. The zero-order chi connectivity index (χ0) is 16.2. The first kappa shape index (κ1) is 14.1. The molecule has 2 N–H and O–H groups in total. The Morgan fingerprint density at radius 1 is 1.17 bits per heavy atom. The highest BCUT2D eigenvalue weighted by Gasteiger charge is 2.54. The van der Waals surface area contributed by atoms with Crippen molar-refractivity contribution in [2.75, 3.05) is 5.32 Å². The molecule has 0 saturated heterocycles. The number of rotatable bonds is 1. The third-order valence-corrected chi connectivity index (χ3v) is 4.79. The standard InChI is InChI=1S/C18H14FNO3/c19-11-6-8-13-15(9-11)20-17(22)18(13,23)14-7-5-10-3-1-2-4-12(10)16(14)21/h1-4,6,8-9,14,23H,5,7H2,(H,20,22). The van der Waals surface area contributed by atoms with Crippen LogP contribution in [0.5, 0.6) is 0 Å². The van der Waals surface area contributed by atoms with Crippen LogP contribution in [0.2, 0.25) is 0 Å². The Kier molecular flexibility index (Phi) is 2.90. The quantitative estimate of drug-likeness (QED) is 0.850. The van der Waals surface area contributed by atoms with Gasteiger partial charge in [-0.15, -0.1) is 0 Å². The lowest BCUT2D eigenvalue weighted by Gasteiger charge is -2.33. The van der Waals surface area contributed by atoms with E-state index in [0.717, 1.165) is 11.6 Å². The molecule has 0 saturated carbocycles. The number of anilines is 1. The first-order chi connectivity index (χ1) is 11.0. The van der Waals surface area contributed by atoms with Gasteiger partial charge in [0, 0.05) is 11.1 Å². The maximum atomic E-state index is 13.4. The lowest BCUT2D eigenvalue weighted by atomic mass is 9.71. The Labute approximate surface area is 131 Å². The second kappa shape index (κ2) is 4.73. The van der Waals surface area contributed by atoms with Crippen LogP contribution in [0.1, 0.15) is 27.9 Å². The zero-order valence-corrected chi connectivity index (χ0v) is 12.2.